The van der Waals surface area contributed by atoms with E-state index in [1.54, 1.807) is 12.1 Å². The van der Waals surface area contributed by atoms with Gasteiger partial charge in [0.25, 0.3) is 0 Å². The van der Waals surface area contributed by atoms with Gasteiger partial charge in [-0.2, -0.15) is 0 Å². The smallest absolute Gasteiger partial charge is 0.240 e. The molecule has 1 atom stereocenters. The number of rotatable bonds is 4. The number of nitrogens with one attached hydrogen (secondary N) is 1. The lowest BCUT2D eigenvalue weighted by Crippen LogP contribution is -2.45. The fourth-order valence-electron chi connectivity index (χ4n) is 2.41. The van der Waals surface area contributed by atoms with Crippen LogP contribution in [0.2, 0.25) is 5.02 Å². The van der Waals surface area contributed by atoms with Crippen LogP contribution in [0.4, 0.5) is 8.78 Å². The third kappa shape index (κ3) is 4.12. The highest BCUT2D eigenvalue weighted by Crippen LogP contribution is 2.34. The van der Waals surface area contributed by atoms with Crippen LogP contribution in [0, 0.1) is 0 Å². The Morgan fingerprint density at radius 3 is 2.63 bits per heavy atom. The molecule has 0 aromatic heterocycles. The predicted octanol–water partition coefficient (Wildman–Crippen LogP) is 3.70. The summed E-state index contributed by atoms with van der Waals surface area (Å²) in [4.78, 5) is 2.10. The van der Waals surface area contributed by atoms with E-state index in [0.29, 0.717) is 5.02 Å². The minimum Gasteiger partial charge on any atom is -0.314 e. The monoisotopic (exact) mass is 352 g/mol. The van der Waals surface area contributed by atoms with E-state index in [-0.39, 0.29) is 12.5 Å². The average Bonchev–Trinajstić information content (AvgIpc) is 2.40. The van der Waals surface area contributed by atoms with Crippen LogP contribution in [-0.2, 0) is 0 Å². The number of nitrogens with zero attached hydrogens (tertiary/aromatic N) is 1. The van der Waals surface area contributed by atoms with E-state index in [4.69, 9.17) is 11.6 Å². The quantitative estimate of drug-likeness (QED) is 0.888. The van der Waals surface area contributed by atoms with Crippen molar-refractivity contribution in [2.24, 2.45) is 0 Å². The molecule has 0 unspecified atom stereocenters. The van der Waals surface area contributed by atoms with E-state index in [9.17, 15) is 8.78 Å². The first-order valence-electron chi connectivity index (χ1n) is 6.26. The van der Waals surface area contributed by atoms with Gasteiger partial charge in [0.15, 0.2) is 0 Å². The third-order valence-electron chi connectivity index (χ3n) is 3.31. The molecule has 2 rings (SSSR count). The summed E-state index contributed by atoms with van der Waals surface area (Å²) < 4.78 is 26.6. The van der Waals surface area contributed by atoms with Gasteiger partial charge in [-0.15, -0.1) is 0 Å². The molecule has 1 fully saturated rings. The molecule has 0 amide bonds. The third-order valence-corrected chi connectivity index (χ3v) is 4.27. The van der Waals surface area contributed by atoms with Gasteiger partial charge in [0.05, 0.1) is 0 Å². The molecule has 1 aliphatic rings. The van der Waals surface area contributed by atoms with Crippen molar-refractivity contribution in [3.05, 3.63) is 33.3 Å². The zero-order valence-electron chi connectivity index (χ0n) is 10.4. The fourth-order valence-corrected chi connectivity index (χ4v) is 3.10. The van der Waals surface area contributed by atoms with Gasteiger partial charge in [-0.3, -0.25) is 4.90 Å². The maximum Gasteiger partial charge on any atom is 0.240 e. The van der Waals surface area contributed by atoms with Gasteiger partial charge in [-0.05, 0) is 23.8 Å². The molecule has 1 N–H and O–H groups in total. The van der Waals surface area contributed by atoms with Gasteiger partial charge < -0.3 is 5.32 Å². The maximum absolute atomic E-state index is 12.9. The van der Waals surface area contributed by atoms with Crippen LogP contribution in [-0.4, -0.2) is 37.5 Å². The van der Waals surface area contributed by atoms with E-state index in [0.717, 1.165) is 36.2 Å². The molecule has 2 nitrogen and oxygen atoms in total. The summed E-state index contributed by atoms with van der Waals surface area (Å²) in [6, 6.07) is 5.06. The van der Waals surface area contributed by atoms with Crippen LogP contribution in [0.1, 0.15) is 18.0 Å². The molecule has 6 heteroatoms. The zero-order valence-corrected chi connectivity index (χ0v) is 12.7. The first kappa shape index (κ1) is 15.2. The number of benzene rings is 1. The van der Waals surface area contributed by atoms with Gasteiger partial charge >= 0.3 is 0 Å². The Balaban J connectivity index is 2.27. The molecule has 0 bridgehead atoms. The summed E-state index contributed by atoms with van der Waals surface area (Å²) in [6.07, 6.45) is -2.50. The van der Waals surface area contributed by atoms with Crippen molar-refractivity contribution in [2.45, 2.75) is 18.9 Å². The molecule has 1 aromatic carbocycles. The van der Waals surface area contributed by atoms with Crippen LogP contribution in [0.15, 0.2) is 22.7 Å². The van der Waals surface area contributed by atoms with Crippen molar-refractivity contribution < 1.29 is 8.78 Å². The molecule has 1 aliphatic heterocycles. The topological polar surface area (TPSA) is 15.3 Å². The van der Waals surface area contributed by atoms with Crippen molar-refractivity contribution in [2.75, 3.05) is 26.2 Å². The van der Waals surface area contributed by atoms with Crippen molar-refractivity contribution in [3.8, 4) is 0 Å². The minimum absolute atomic E-state index is 0.168. The summed E-state index contributed by atoms with van der Waals surface area (Å²) >= 11 is 9.44. The Hall–Kier alpha value is -0.230. The van der Waals surface area contributed by atoms with Crippen molar-refractivity contribution >= 4 is 27.5 Å². The Morgan fingerprint density at radius 2 is 2.00 bits per heavy atom. The highest BCUT2D eigenvalue weighted by atomic mass is 79.9. The normalized spacial score (nSPS) is 18.8. The number of hydrogen-bond donors (Lipinski definition) is 1. The van der Waals surface area contributed by atoms with Crippen molar-refractivity contribution in [3.63, 3.8) is 0 Å². The number of piperazine rings is 1. The van der Waals surface area contributed by atoms with E-state index in [1.165, 1.54) is 0 Å². The second-order valence-corrected chi connectivity index (χ2v) is 5.89. The molecule has 1 saturated heterocycles. The molecular formula is C13H16BrClF2N2. The van der Waals surface area contributed by atoms with Crippen LogP contribution in [0.3, 0.4) is 0 Å². The Labute approximate surface area is 125 Å². The molecule has 0 aliphatic carbocycles. The molecule has 0 spiro atoms. The van der Waals surface area contributed by atoms with Crippen LogP contribution < -0.4 is 5.32 Å². The van der Waals surface area contributed by atoms with Gasteiger partial charge in [0.1, 0.15) is 0 Å². The summed E-state index contributed by atoms with van der Waals surface area (Å²) in [5, 5.41) is 3.81. The van der Waals surface area contributed by atoms with Gasteiger partial charge in [-0.1, -0.05) is 27.5 Å². The number of hydrogen-bond acceptors (Lipinski definition) is 2. The van der Waals surface area contributed by atoms with E-state index < -0.39 is 6.43 Å². The number of alkyl halides is 2. The minimum atomic E-state index is -2.33. The Kier molecular flexibility index (Phi) is 5.57. The first-order valence-corrected chi connectivity index (χ1v) is 7.43. The van der Waals surface area contributed by atoms with Crippen molar-refractivity contribution in [1.29, 1.82) is 0 Å². The zero-order chi connectivity index (χ0) is 13.8. The largest absolute Gasteiger partial charge is 0.314 e. The molecular weight excluding hydrogens is 338 g/mol. The Morgan fingerprint density at radius 1 is 1.32 bits per heavy atom. The summed E-state index contributed by atoms with van der Waals surface area (Å²) in [6.45, 7) is 3.21. The lowest BCUT2D eigenvalue weighted by atomic mass is 10.0. The van der Waals surface area contributed by atoms with Crippen LogP contribution >= 0.6 is 27.5 Å². The summed E-state index contributed by atoms with van der Waals surface area (Å²) in [5.74, 6) is 0. The van der Waals surface area contributed by atoms with E-state index in [2.05, 4.69) is 26.1 Å². The molecule has 106 valence electrons. The molecule has 0 radical (unpaired) electrons. The van der Waals surface area contributed by atoms with E-state index >= 15 is 0 Å². The predicted molar refractivity (Wildman–Crippen MR) is 77.0 cm³/mol. The second-order valence-electron chi connectivity index (χ2n) is 4.59. The summed E-state index contributed by atoms with van der Waals surface area (Å²) in [7, 11) is 0. The van der Waals surface area contributed by atoms with Gasteiger partial charge in [0, 0.05) is 48.1 Å². The molecule has 1 heterocycles. The van der Waals surface area contributed by atoms with Crippen molar-refractivity contribution in [1.82, 2.24) is 10.2 Å². The molecule has 19 heavy (non-hydrogen) atoms. The molecule has 1 aromatic rings. The summed E-state index contributed by atoms with van der Waals surface area (Å²) in [5.41, 5.74) is 0.842. The van der Waals surface area contributed by atoms with Gasteiger partial charge in [-0.25, -0.2) is 8.78 Å². The van der Waals surface area contributed by atoms with Crippen LogP contribution in [0.5, 0.6) is 0 Å². The standard InChI is InChI=1S/C13H16BrClF2N2/c14-11-2-1-9(15)7-10(11)12(8-13(16)17)19-5-3-18-4-6-19/h1-2,7,12-13,18H,3-6,8H2/t12-/m0/s1. The SMILES string of the molecule is FC(F)C[C@@H](c1cc(Cl)ccc1Br)N1CCNCC1. The van der Waals surface area contributed by atoms with Gasteiger partial charge in [0.2, 0.25) is 6.43 Å². The second kappa shape index (κ2) is 6.97. The number of halogens is 4. The molecule has 0 saturated carbocycles. The first-order chi connectivity index (χ1) is 9.08. The lowest BCUT2D eigenvalue weighted by Gasteiger charge is -2.35. The Bertz CT molecular complexity index is 425. The van der Waals surface area contributed by atoms with E-state index in [1.807, 2.05) is 6.07 Å². The highest BCUT2D eigenvalue weighted by molar-refractivity contribution is 9.10. The van der Waals surface area contributed by atoms with Crippen LogP contribution in [0.25, 0.3) is 0 Å². The average molecular weight is 354 g/mol. The fraction of sp³-hybridized carbons (Fsp3) is 0.538. The highest BCUT2D eigenvalue weighted by Gasteiger charge is 2.27. The maximum atomic E-state index is 12.9. The lowest BCUT2D eigenvalue weighted by molar-refractivity contribution is 0.0736.